The van der Waals surface area contributed by atoms with E-state index < -0.39 is 5.97 Å². The molecule has 3 heteroatoms. The summed E-state index contributed by atoms with van der Waals surface area (Å²) in [4.78, 5) is 10.2. The summed E-state index contributed by atoms with van der Waals surface area (Å²) in [6.45, 7) is 8.63. The summed E-state index contributed by atoms with van der Waals surface area (Å²) in [6.07, 6.45) is 2.19. The van der Waals surface area contributed by atoms with E-state index in [0.29, 0.717) is 11.5 Å². The lowest BCUT2D eigenvalue weighted by Crippen LogP contribution is -2.00. The summed E-state index contributed by atoms with van der Waals surface area (Å²) in [5, 5.41) is 15.9. The van der Waals surface area contributed by atoms with Crippen LogP contribution in [0.1, 0.15) is 13.3 Å². The molecule has 1 aliphatic rings. The second kappa shape index (κ2) is 5.15. The first-order chi connectivity index (χ1) is 6.04. The van der Waals surface area contributed by atoms with Crippen LogP contribution >= 0.6 is 0 Å². The Bertz CT molecular complexity index is 263. The minimum Gasteiger partial charge on any atom is -0.478 e. The molecule has 0 bridgehead atoms. The van der Waals surface area contributed by atoms with Crippen molar-refractivity contribution < 1.29 is 9.90 Å². The molecule has 1 aliphatic carbocycles. The first kappa shape index (κ1) is 11.4. The molecule has 1 fully saturated rings. The SMILES string of the molecule is C=C(C(=O)O)C1CC1C.C=CC#N. The topological polar surface area (TPSA) is 61.1 Å². The van der Waals surface area contributed by atoms with E-state index in [9.17, 15) is 4.79 Å². The zero-order valence-corrected chi connectivity index (χ0v) is 7.66. The van der Waals surface area contributed by atoms with Crippen molar-refractivity contribution in [2.24, 2.45) is 11.8 Å². The van der Waals surface area contributed by atoms with Gasteiger partial charge in [0, 0.05) is 11.6 Å². The quantitative estimate of drug-likeness (QED) is 0.520. The highest BCUT2D eigenvalue weighted by Crippen LogP contribution is 2.42. The summed E-state index contributed by atoms with van der Waals surface area (Å²) in [6, 6.07) is 1.69. The summed E-state index contributed by atoms with van der Waals surface area (Å²) in [5.41, 5.74) is 0.377. The Labute approximate surface area is 78.0 Å². The van der Waals surface area contributed by atoms with Gasteiger partial charge in [-0.25, -0.2) is 4.79 Å². The summed E-state index contributed by atoms with van der Waals surface area (Å²) < 4.78 is 0. The van der Waals surface area contributed by atoms with Crippen LogP contribution in [0.2, 0.25) is 0 Å². The minimum atomic E-state index is -0.843. The third-order valence-electron chi connectivity index (χ3n) is 1.92. The molecule has 0 aromatic carbocycles. The van der Waals surface area contributed by atoms with Gasteiger partial charge in [-0.3, -0.25) is 0 Å². The van der Waals surface area contributed by atoms with E-state index in [-0.39, 0.29) is 5.92 Å². The van der Waals surface area contributed by atoms with Crippen molar-refractivity contribution in [3.63, 3.8) is 0 Å². The van der Waals surface area contributed by atoms with Gasteiger partial charge in [0.1, 0.15) is 0 Å². The Balaban J connectivity index is 0.000000310. The van der Waals surface area contributed by atoms with Crippen LogP contribution in [0.3, 0.4) is 0 Å². The Morgan fingerprint density at radius 3 is 2.23 bits per heavy atom. The number of allylic oxidation sites excluding steroid dienone is 1. The Morgan fingerprint density at radius 2 is 2.15 bits per heavy atom. The van der Waals surface area contributed by atoms with Gasteiger partial charge in [0.15, 0.2) is 0 Å². The number of nitrogens with zero attached hydrogens (tertiary/aromatic N) is 1. The zero-order valence-electron chi connectivity index (χ0n) is 7.66. The molecule has 0 heterocycles. The van der Waals surface area contributed by atoms with Crippen LogP contribution in [-0.2, 0) is 4.79 Å². The predicted molar refractivity (Wildman–Crippen MR) is 49.9 cm³/mol. The molecule has 0 aliphatic heterocycles. The van der Waals surface area contributed by atoms with Crippen LogP contribution in [0.15, 0.2) is 24.8 Å². The van der Waals surface area contributed by atoms with Crippen molar-refractivity contribution in [2.45, 2.75) is 13.3 Å². The molecule has 2 unspecified atom stereocenters. The lowest BCUT2D eigenvalue weighted by molar-refractivity contribution is -0.132. The van der Waals surface area contributed by atoms with Gasteiger partial charge >= 0.3 is 5.97 Å². The Morgan fingerprint density at radius 1 is 1.77 bits per heavy atom. The molecule has 1 N–H and O–H groups in total. The lowest BCUT2D eigenvalue weighted by Gasteiger charge is -1.92. The van der Waals surface area contributed by atoms with Crippen LogP contribution < -0.4 is 0 Å². The number of hydrogen-bond donors (Lipinski definition) is 1. The first-order valence-corrected chi connectivity index (χ1v) is 3.97. The maximum Gasteiger partial charge on any atom is 0.331 e. The minimum absolute atomic E-state index is 0.266. The lowest BCUT2D eigenvalue weighted by atomic mass is 10.2. The second-order valence-electron chi connectivity index (χ2n) is 2.98. The average Bonchev–Trinajstić information content (AvgIpc) is 2.81. The predicted octanol–water partition coefficient (Wildman–Crippen LogP) is 1.98. The molecule has 0 amide bonds. The standard InChI is InChI=1S/C7H10O2.C3H3N/c1-4-3-6(4)5(2)7(8)9;1-2-3-4/h4,6H,2-3H2,1H3,(H,8,9);2H,1H2. The van der Waals surface area contributed by atoms with E-state index in [0.717, 1.165) is 6.42 Å². The number of rotatable bonds is 2. The number of nitriles is 1. The van der Waals surface area contributed by atoms with Gasteiger partial charge in [0.25, 0.3) is 0 Å². The van der Waals surface area contributed by atoms with Gasteiger partial charge in [-0.1, -0.05) is 20.1 Å². The van der Waals surface area contributed by atoms with Crippen molar-refractivity contribution in [3.8, 4) is 6.07 Å². The van der Waals surface area contributed by atoms with Gasteiger partial charge in [-0.05, 0) is 18.3 Å². The molecule has 3 nitrogen and oxygen atoms in total. The maximum atomic E-state index is 10.2. The van der Waals surface area contributed by atoms with Crippen molar-refractivity contribution in [2.75, 3.05) is 0 Å². The number of aliphatic carboxylic acids is 1. The molecule has 0 aromatic rings. The number of carbonyl (C=O) groups is 1. The van der Waals surface area contributed by atoms with Gasteiger partial charge in [0.2, 0.25) is 0 Å². The average molecular weight is 179 g/mol. The highest BCUT2D eigenvalue weighted by atomic mass is 16.4. The number of carboxylic acid groups (broad SMARTS) is 1. The molecule has 0 radical (unpaired) electrons. The molecule has 0 saturated heterocycles. The molecule has 0 aromatic heterocycles. The fourth-order valence-electron chi connectivity index (χ4n) is 0.966. The van der Waals surface area contributed by atoms with E-state index in [4.69, 9.17) is 10.4 Å². The molecule has 70 valence electrons. The molecular formula is C10H13NO2. The van der Waals surface area contributed by atoms with Crippen LogP contribution in [-0.4, -0.2) is 11.1 Å². The largest absolute Gasteiger partial charge is 0.478 e. The molecule has 1 rings (SSSR count). The van der Waals surface area contributed by atoms with E-state index in [1.165, 1.54) is 6.08 Å². The van der Waals surface area contributed by atoms with Crippen molar-refractivity contribution >= 4 is 5.97 Å². The fraction of sp³-hybridized carbons (Fsp3) is 0.400. The summed E-state index contributed by atoms with van der Waals surface area (Å²) in [7, 11) is 0. The van der Waals surface area contributed by atoms with Crippen LogP contribution in [0.5, 0.6) is 0 Å². The smallest absolute Gasteiger partial charge is 0.331 e. The van der Waals surface area contributed by atoms with Crippen molar-refractivity contribution in [1.29, 1.82) is 5.26 Å². The van der Waals surface area contributed by atoms with E-state index in [1.54, 1.807) is 6.07 Å². The Kier molecular flexibility index (Phi) is 4.53. The van der Waals surface area contributed by atoms with Crippen molar-refractivity contribution in [1.82, 2.24) is 0 Å². The third kappa shape index (κ3) is 4.12. The highest BCUT2D eigenvalue weighted by Gasteiger charge is 2.37. The normalized spacial score (nSPS) is 23.1. The van der Waals surface area contributed by atoms with Gasteiger partial charge in [-0.15, -0.1) is 0 Å². The molecule has 0 spiro atoms. The van der Waals surface area contributed by atoms with E-state index in [2.05, 4.69) is 13.2 Å². The maximum absolute atomic E-state index is 10.2. The summed E-state index contributed by atoms with van der Waals surface area (Å²) >= 11 is 0. The van der Waals surface area contributed by atoms with Gasteiger partial charge in [0.05, 0.1) is 6.07 Å². The number of carboxylic acids is 1. The zero-order chi connectivity index (χ0) is 10.4. The van der Waals surface area contributed by atoms with Gasteiger partial charge < -0.3 is 5.11 Å². The van der Waals surface area contributed by atoms with Gasteiger partial charge in [-0.2, -0.15) is 5.26 Å². The molecule has 1 saturated carbocycles. The Hall–Kier alpha value is -1.56. The molecule has 2 atom stereocenters. The number of hydrogen-bond acceptors (Lipinski definition) is 2. The third-order valence-corrected chi connectivity index (χ3v) is 1.92. The molecule has 13 heavy (non-hydrogen) atoms. The monoisotopic (exact) mass is 179 g/mol. The highest BCUT2D eigenvalue weighted by molar-refractivity contribution is 5.87. The van der Waals surface area contributed by atoms with Crippen LogP contribution in [0.4, 0.5) is 0 Å². The van der Waals surface area contributed by atoms with Crippen LogP contribution in [0.25, 0.3) is 0 Å². The molecular weight excluding hydrogens is 166 g/mol. The van der Waals surface area contributed by atoms with Crippen LogP contribution in [0, 0.1) is 23.2 Å². The summed E-state index contributed by atoms with van der Waals surface area (Å²) in [5.74, 6) is -0.0274. The van der Waals surface area contributed by atoms with E-state index >= 15 is 0 Å². The first-order valence-electron chi connectivity index (χ1n) is 3.97. The van der Waals surface area contributed by atoms with Crippen molar-refractivity contribution in [3.05, 3.63) is 24.8 Å². The second-order valence-corrected chi connectivity index (χ2v) is 2.98. The van der Waals surface area contributed by atoms with E-state index in [1.807, 2.05) is 6.92 Å². The fourth-order valence-corrected chi connectivity index (χ4v) is 0.966.